The van der Waals surface area contributed by atoms with E-state index in [0.717, 1.165) is 35.7 Å². The van der Waals surface area contributed by atoms with Gasteiger partial charge in [0.2, 0.25) is 11.8 Å². The van der Waals surface area contributed by atoms with Crippen molar-refractivity contribution in [3.63, 3.8) is 0 Å². The van der Waals surface area contributed by atoms with Crippen LogP contribution in [0.5, 0.6) is 0 Å². The summed E-state index contributed by atoms with van der Waals surface area (Å²) in [6, 6.07) is 6.03. The molecule has 1 aromatic carbocycles. The summed E-state index contributed by atoms with van der Waals surface area (Å²) < 4.78 is 11.1. The van der Waals surface area contributed by atoms with Gasteiger partial charge in [0, 0.05) is 22.4 Å². The van der Waals surface area contributed by atoms with Crippen LogP contribution in [0.3, 0.4) is 0 Å². The van der Waals surface area contributed by atoms with Crippen LogP contribution >= 0.6 is 27.7 Å². The van der Waals surface area contributed by atoms with Gasteiger partial charge in [-0.2, -0.15) is 11.8 Å². The lowest BCUT2D eigenvalue weighted by atomic mass is 10.1. The van der Waals surface area contributed by atoms with Gasteiger partial charge in [-0.25, -0.2) is 0 Å². The zero-order valence-corrected chi connectivity index (χ0v) is 23.5. The Kier molecular flexibility index (Phi) is 16.9. The van der Waals surface area contributed by atoms with Crippen molar-refractivity contribution in [2.45, 2.75) is 70.2 Å². The highest BCUT2D eigenvalue weighted by atomic mass is 79.9. The maximum absolute atomic E-state index is 12.7. The lowest BCUT2D eigenvalue weighted by Crippen LogP contribution is -2.49. The van der Waals surface area contributed by atoms with Crippen molar-refractivity contribution in [2.24, 2.45) is 5.73 Å². The van der Waals surface area contributed by atoms with Crippen LogP contribution in [0.2, 0.25) is 0 Å². The first-order chi connectivity index (χ1) is 17.3. The molecular formula is C25H38BrN3O6S. The first-order valence-electron chi connectivity index (χ1n) is 12.2. The maximum Gasteiger partial charge on any atom is 0.325 e. The molecule has 2 atom stereocenters. The minimum Gasteiger partial charge on any atom is -0.465 e. The molecule has 0 spiro atoms. The Morgan fingerprint density at radius 1 is 1.03 bits per heavy atom. The highest BCUT2D eigenvalue weighted by molar-refractivity contribution is 9.10. The number of esters is 2. The number of halogens is 1. The van der Waals surface area contributed by atoms with E-state index in [9.17, 15) is 19.2 Å². The summed E-state index contributed by atoms with van der Waals surface area (Å²) in [5.74, 6) is -1.04. The number of hydrogen-bond donors (Lipinski definition) is 3. The van der Waals surface area contributed by atoms with Gasteiger partial charge in [0.15, 0.2) is 0 Å². The Bertz CT molecular complexity index is 825. The van der Waals surface area contributed by atoms with Gasteiger partial charge >= 0.3 is 11.9 Å². The van der Waals surface area contributed by atoms with Crippen molar-refractivity contribution >= 4 is 51.4 Å². The van der Waals surface area contributed by atoms with E-state index in [1.54, 1.807) is 0 Å². The molecular weight excluding hydrogens is 550 g/mol. The van der Waals surface area contributed by atoms with Crippen LogP contribution in [0.25, 0.3) is 0 Å². The predicted molar refractivity (Wildman–Crippen MR) is 144 cm³/mol. The van der Waals surface area contributed by atoms with Gasteiger partial charge in [-0.1, -0.05) is 54.8 Å². The summed E-state index contributed by atoms with van der Waals surface area (Å²) in [4.78, 5) is 49.0. The van der Waals surface area contributed by atoms with Gasteiger partial charge in [0.1, 0.15) is 18.6 Å². The van der Waals surface area contributed by atoms with Gasteiger partial charge in [-0.15, -0.1) is 0 Å². The standard InChI is InChI=1S/C25H38BrN3O6S/c1-3-5-13-34-23(31)15-28-24(32)21(17-36-16-18-7-9-19(26)10-8-18)29-22(30)12-11-20(27)25(33)35-14-6-4-2/h7-10,20-21H,3-6,11-17,27H2,1-2H3,(H,28,32)(H,29,30). The van der Waals surface area contributed by atoms with Gasteiger partial charge in [-0.3, -0.25) is 19.2 Å². The van der Waals surface area contributed by atoms with E-state index >= 15 is 0 Å². The summed E-state index contributed by atoms with van der Waals surface area (Å²) in [6.07, 6.45) is 3.35. The molecule has 0 aromatic heterocycles. The monoisotopic (exact) mass is 587 g/mol. The zero-order chi connectivity index (χ0) is 26.8. The minimum absolute atomic E-state index is 0.0374. The van der Waals surface area contributed by atoms with Gasteiger partial charge in [0.05, 0.1) is 13.2 Å². The molecule has 0 aliphatic heterocycles. The molecule has 0 radical (unpaired) electrons. The number of ether oxygens (including phenoxy) is 2. The smallest absolute Gasteiger partial charge is 0.325 e. The topological polar surface area (TPSA) is 137 Å². The fourth-order valence-corrected chi connectivity index (χ4v) is 4.10. The fourth-order valence-electron chi connectivity index (χ4n) is 2.82. The highest BCUT2D eigenvalue weighted by Gasteiger charge is 2.23. The molecule has 0 saturated carbocycles. The first-order valence-corrected chi connectivity index (χ1v) is 14.2. The average molecular weight is 589 g/mol. The van der Waals surface area contributed by atoms with Crippen molar-refractivity contribution in [3.05, 3.63) is 34.3 Å². The third-order valence-electron chi connectivity index (χ3n) is 5.01. The Labute approximate surface area is 226 Å². The Balaban J connectivity index is 2.61. The third-order valence-corrected chi connectivity index (χ3v) is 6.65. The van der Waals surface area contributed by atoms with E-state index in [2.05, 4.69) is 26.6 Å². The second-order valence-corrected chi connectivity index (χ2v) is 10.2. The van der Waals surface area contributed by atoms with Crippen molar-refractivity contribution in [2.75, 3.05) is 25.5 Å². The molecule has 36 heavy (non-hydrogen) atoms. The predicted octanol–water partition coefficient (Wildman–Crippen LogP) is 3.08. The molecule has 1 rings (SSSR count). The number of unbranched alkanes of at least 4 members (excludes halogenated alkanes) is 2. The molecule has 0 bridgehead atoms. The van der Waals surface area contributed by atoms with Crippen LogP contribution < -0.4 is 16.4 Å². The largest absolute Gasteiger partial charge is 0.465 e. The van der Waals surface area contributed by atoms with Crippen LogP contribution in [0.1, 0.15) is 57.9 Å². The summed E-state index contributed by atoms with van der Waals surface area (Å²) in [6.45, 7) is 4.29. The highest BCUT2D eigenvalue weighted by Crippen LogP contribution is 2.17. The van der Waals surface area contributed by atoms with Gasteiger partial charge < -0.3 is 25.8 Å². The normalized spacial score (nSPS) is 12.3. The van der Waals surface area contributed by atoms with Crippen molar-refractivity contribution in [3.8, 4) is 0 Å². The zero-order valence-electron chi connectivity index (χ0n) is 21.1. The SMILES string of the molecule is CCCCOC(=O)CNC(=O)C(CSCc1ccc(Br)cc1)NC(=O)CCC(N)C(=O)OCCCC. The van der Waals surface area contributed by atoms with E-state index in [0.29, 0.717) is 24.7 Å². The number of thioether (sulfide) groups is 1. The first kappa shape index (κ1) is 31.9. The van der Waals surface area contributed by atoms with E-state index in [4.69, 9.17) is 15.2 Å². The number of hydrogen-bond acceptors (Lipinski definition) is 8. The van der Waals surface area contributed by atoms with Crippen LogP contribution in [-0.2, 0) is 34.4 Å². The molecule has 202 valence electrons. The quantitative estimate of drug-likeness (QED) is 0.176. The van der Waals surface area contributed by atoms with E-state index < -0.39 is 35.8 Å². The molecule has 0 aliphatic rings. The fraction of sp³-hybridized carbons (Fsp3) is 0.600. The number of carbonyl (C=O) groups is 4. The van der Waals surface area contributed by atoms with Crippen molar-refractivity contribution < 1.29 is 28.7 Å². The maximum atomic E-state index is 12.7. The number of amides is 2. The molecule has 0 fully saturated rings. The molecule has 2 unspecified atom stereocenters. The Morgan fingerprint density at radius 2 is 1.67 bits per heavy atom. The van der Waals surface area contributed by atoms with Crippen molar-refractivity contribution in [1.82, 2.24) is 10.6 Å². The molecule has 0 heterocycles. The number of benzene rings is 1. The van der Waals surface area contributed by atoms with Crippen LogP contribution in [0.15, 0.2) is 28.7 Å². The van der Waals surface area contributed by atoms with Gasteiger partial charge in [0.25, 0.3) is 0 Å². The second-order valence-electron chi connectivity index (χ2n) is 8.22. The third kappa shape index (κ3) is 14.4. The average Bonchev–Trinajstić information content (AvgIpc) is 2.86. The number of nitrogens with one attached hydrogen (secondary N) is 2. The van der Waals surface area contributed by atoms with Gasteiger partial charge in [-0.05, 0) is 37.0 Å². The Morgan fingerprint density at radius 3 is 2.31 bits per heavy atom. The number of nitrogens with two attached hydrogens (primary N) is 1. The molecule has 2 amide bonds. The lowest BCUT2D eigenvalue weighted by molar-refractivity contribution is -0.145. The van der Waals surface area contributed by atoms with E-state index in [-0.39, 0.29) is 19.4 Å². The summed E-state index contributed by atoms with van der Waals surface area (Å²) in [7, 11) is 0. The second kappa shape index (κ2) is 19.1. The van der Waals surface area contributed by atoms with Crippen molar-refractivity contribution in [1.29, 1.82) is 0 Å². The lowest BCUT2D eigenvalue weighted by Gasteiger charge is -2.19. The number of rotatable bonds is 18. The van der Waals surface area contributed by atoms with Crippen LogP contribution in [-0.4, -0.2) is 61.3 Å². The van der Waals surface area contributed by atoms with E-state index in [1.807, 2.05) is 38.1 Å². The molecule has 9 nitrogen and oxygen atoms in total. The molecule has 11 heteroatoms. The minimum atomic E-state index is -0.912. The Hall–Kier alpha value is -2.11. The summed E-state index contributed by atoms with van der Waals surface area (Å²) >= 11 is 4.87. The van der Waals surface area contributed by atoms with E-state index in [1.165, 1.54) is 11.8 Å². The van der Waals surface area contributed by atoms with Crippen LogP contribution in [0, 0.1) is 0 Å². The number of carbonyl (C=O) groups excluding carboxylic acids is 4. The molecule has 4 N–H and O–H groups in total. The molecule has 1 aromatic rings. The molecule has 0 aliphatic carbocycles. The molecule has 0 saturated heterocycles. The van der Waals surface area contributed by atoms with Crippen LogP contribution in [0.4, 0.5) is 0 Å². The summed E-state index contributed by atoms with van der Waals surface area (Å²) in [5, 5.41) is 5.23. The summed E-state index contributed by atoms with van der Waals surface area (Å²) in [5.41, 5.74) is 6.90.